The smallest absolute Gasteiger partial charge is 0.344 e. The van der Waals surface area contributed by atoms with E-state index in [4.69, 9.17) is 9.47 Å². The lowest BCUT2D eigenvalue weighted by Gasteiger charge is -2.22. The predicted molar refractivity (Wildman–Crippen MR) is 129 cm³/mol. The Kier molecular flexibility index (Phi) is 7.11. The van der Waals surface area contributed by atoms with Gasteiger partial charge >= 0.3 is 5.97 Å². The molecule has 0 spiro atoms. The van der Waals surface area contributed by atoms with Gasteiger partial charge in [-0.15, -0.1) is 0 Å². The second-order valence-electron chi connectivity index (χ2n) is 8.78. The van der Waals surface area contributed by atoms with Gasteiger partial charge in [0.15, 0.2) is 6.61 Å². The van der Waals surface area contributed by atoms with Gasteiger partial charge in [0.2, 0.25) is 0 Å². The Hall–Kier alpha value is -2.85. The standard InChI is InChI=1S/C28H33NO3/c1-4-31-28(30)18-32-27-15-13-22(16-19(27)2)23-12-14-24(17-23)29-20(3)25-11-7-9-21-8-5-6-10-26(21)25/h5-11,13,15-16,20,23-24,29H,4,12,14,17-18H2,1-3H3/t20-,23-,24+/m1/s1. The molecule has 0 bridgehead atoms. The van der Waals surface area contributed by atoms with Crippen LogP contribution in [0.1, 0.15) is 61.8 Å². The molecule has 0 heterocycles. The molecule has 1 saturated carbocycles. The molecule has 0 radical (unpaired) electrons. The number of hydrogen-bond acceptors (Lipinski definition) is 4. The van der Waals surface area contributed by atoms with Crippen LogP contribution in [0.4, 0.5) is 0 Å². The molecule has 1 aliphatic carbocycles. The van der Waals surface area contributed by atoms with E-state index in [1.54, 1.807) is 6.92 Å². The molecule has 4 nitrogen and oxygen atoms in total. The lowest BCUT2D eigenvalue weighted by atomic mass is 9.95. The van der Waals surface area contributed by atoms with E-state index in [0.717, 1.165) is 17.7 Å². The van der Waals surface area contributed by atoms with Gasteiger partial charge in [-0.2, -0.15) is 0 Å². The summed E-state index contributed by atoms with van der Waals surface area (Å²) in [4.78, 5) is 11.5. The second kappa shape index (κ2) is 10.2. The van der Waals surface area contributed by atoms with Crippen LogP contribution in [-0.2, 0) is 9.53 Å². The van der Waals surface area contributed by atoms with Gasteiger partial charge in [-0.1, -0.05) is 54.6 Å². The first-order valence-corrected chi connectivity index (χ1v) is 11.7. The highest BCUT2D eigenvalue weighted by atomic mass is 16.6. The van der Waals surface area contributed by atoms with Crippen LogP contribution in [0.15, 0.2) is 60.7 Å². The zero-order valence-corrected chi connectivity index (χ0v) is 19.3. The molecule has 168 valence electrons. The van der Waals surface area contributed by atoms with Crippen LogP contribution in [0.25, 0.3) is 10.8 Å². The molecule has 1 aliphatic rings. The van der Waals surface area contributed by atoms with Gasteiger partial charge in [0, 0.05) is 12.1 Å². The fraction of sp³-hybridized carbons (Fsp3) is 0.393. The predicted octanol–water partition coefficient (Wildman–Crippen LogP) is 6.08. The maximum Gasteiger partial charge on any atom is 0.344 e. The van der Waals surface area contributed by atoms with E-state index in [0.29, 0.717) is 24.6 Å². The molecule has 32 heavy (non-hydrogen) atoms. The molecule has 4 heteroatoms. The van der Waals surface area contributed by atoms with Crippen molar-refractivity contribution in [1.29, 1.82) is 0 Å². The summed E-state index contributed by atoms with van der Waals surface area (Å²) < 4.78 is 10.6. The maximum absolute atomic E-state index is 11.5. The van der Waals surface area contributed by atoms with Crippen LogP contribution in [0.2, 0.25) is 0 Å². The summed E-state index contributed by atoms with van der Waals surface area (Å²) in [6, 6.07) is 22.4. The zero-order valence-electron chi connectivity index (χ0n) is 19.3. The Labute approximate surface area is 190 Å². The molecule has 1 fully saturated rings. The minimum absolute atomic E-state index is 0.0461. The molecule has 0 unspecified atom stereocenters. The molecule has 0 amide bonds. The fourth-order valence-electron chi connectivity index (χ4n) is 4.93. The Balaban J connectivity index is 1.37. The number of esters is 1. The van der Waals surface area contributed by atoms with E-state index in [-0.39, 0.29) is 12.6 Å². The average Bonchev–Trinajstić information content (AvgIpc) is 3.26. The fourth-order valence-corrected chi connectivity index (χ4v) is 4.93. The lowest BCUT2D eigenvalue weighted by molar-refractivity contribution is -0.145. The van der Waals surface area contributed by atoms with Gasteiger partial charge in [0.05, 0.1) is 6.61 Å². The Morgan fingerprint density at radius 3 is 2.72 bits per heavy atom. The van der Waals surface area contributed by atoms with Gasteiger partial charge in [0.25, 0.3) is 0 Å². The third kappa shape index (κ3) is 5.13. The van der Waals surface area contributed by atoms with E-state index in [1.165, 1.54) is 34.7 Å². The molecule has 3 atom stereocenters. The average molecular weight is 432 g/mol. The van der Waals surface area contributed by atoms with Crippen molar-refractivity contribution in [1.82, 2.24) is 5.32 Å². The van der Waals surface area contributed by atoms with Crippen LogP contribution >= 0.6 is 0 Å². The van der Waals surface area contributed by atoms with E-state index < -0.39 is 0 Å². The monoisotopic (exact) mass is 431 g/mol. The highest BCUT2D eigenvalue weighted by Gasteiger charge is 2.27. The van der Waals surface area contributed by atoms with Crippen molar-refractivity contribution in [3.05, 3.63) is 77.4 Å². The maximum atomic E-state index is 11.5. The highest BCUT2D eigenvalue weighted by Crippen LogP contribution is 2.37. The first-order valence-electron chi connectivity index (χ1n) is 11.7. The molecule has 0 aliphatic heterocycles. The number of carbonyl (C=O) groups is 1. The summed E-state index contributed by atoms with van der Waals surface area (Å²) >= 11 is 0. The van der Waals surface area contributed by atoms with Gasteiger partial charge < -0.3 is 14.8 Å². The summed E-state index contributed by atoms with van der Waals surface area (Å²) in [5.41, 5.74) is 3.78. The summed E-state index contributed by atoms with van der Waals surface area (Å²) in [6.07, 6.45) is 3.50. The molecule has 0 saturated heterocycles. The van der Waals surface area contributed by atoms with Crippen molar-refractivity contribution < 1.29 is 14.3 Å². The molecule has 3 aromatic rings. The topological polar surface area (TPSA) is 47.6 Å². The third-order valence-electron chi connectivity index (χ3n) is 6.53. The quantitative estimate of drug-likeness (QED) is 0.439. The van der Waals surface area contributed by atoms with E-state index in [1.807, 2.05) is 13.0 Å². The van der Waals surface area contributed by atoms with Crippen LogP contribution in [0.3, 0.4) is 0 Å². The molecule has 1 N–H and O–H groups in total. The minimum atomic E-state index is -0.332. The van der Waals surface area contributed by atoms with Crippen molar-refractivity contribution in [2.75, 3.05) is 13.2 Å². The molecule has 4 rings (SSSR count). The largest absolute Gasteiger partial charge is 0.482 e. The summed E-state index contributed by atoms with van der Waals surface area (Å²) in [6.45, 7) is 6.43. The van der Waals surface area contributed by atoms with Gasteiger partial charge in [-0.25, -0.2) is 4.79 Å². The van der Waals surface area contributed by atoms with Crippen LogP contribution in [-0.4, -0.2) is 25.2 Å². The van der Waals surface area contributed by atoms with Crippen molar-refractivity contribution >= 4 is 16.7 Å². The van der Waals surface area contributed by atoms with Gasteiger partial charge in [-0.05, 0) is 79.5 Å². The Morgan fingerprint density at radius 2 is 1.91 bits per heavy atom. The third-order valence-corrected chi connectivity index (χ3v) is 6.53. The Morgan fingerprint density at radius 1 is 1.09 bits per heavy atom. The number of carbonyl (C=O) groups excluding carboxylic acids is 1. The summed E-state index contributed by atoms with van der Waals surface area (Å²) in [7, 11) is 0. The second-order valence-corrected chi connectivity index (χ2v) is 8.78. The lowest BCUT2D eigenvalue weighted by Crippen LogP contribution is -2.29. The zero-order chi connectivity index (χ0) is 22.5. The molecular formula is C28H33NO3. The van der Waals surface area contributed by atoms with Crippen molar-refractivity contribution in [3.63, 3.8) is 0 Å². The normalized spacial score (nSPS) is 19.1. The van der Waals surface area contributed by atoms with Crippen LogP contribution < -0.4 is 10.1 Å². The van der Waals surface area contributed by atoms with E-state index >= 15 is 0 Å². The number of hydrogen-bond donors (Lipinski definition) is 1. The summed E-state index contributed by atoms with van der Waals surface area (Å²) in [5, 5.41) is 6.51. The number of benzene rings is 3. The van der Waals surface area contributed by atoms with Gasteiger partial charge in [0.1, 0.15) is 5.75 Å². The van der Waals surface area contributed by atoms with Crippen molar-refractivity contribution in [3.8, 4) is 5.75 Å². The number of rotatable bonds is 8. The van der Waals surface area contributed by atoms with Crippen LogP contribution in [0, 0.1) is 6.92 Å². The van der Waals surface area contributed by atoms with Crippen molar-refractivity contribution in [2.24, 2.45) is 0 Å². The van der Waals surface area contributed by atoms with E-state index in [2.05, 4.69) is 66.8 Å². The molecule has 3 aromatic carbocycles. The minimum Gasteiger partial charge on any atom is -0.482 e. The molecular weight excluding hydrogens is 398 g/mol. The van der Waals surface area contributed by atoms with Gasteiger partial charge in [-0.3, -0.25) is 0 Å². The van der Waals surface area contributed by atoms with Crippen molar-refractivity contribution in [2.45, 2.75) is 58.0 Å². The summed E-state index contributed by atoms with van der Waals surface area (Å²) in [5.74, 6) is 0.963. The molecule has 0 aromatic heterocycles. The SMILES string of the molecule is CCOC(=O)COc1ccc([C@@H]2CC[C@H](N[C@H](C)c3cccc4ccccc34)C2)cc1C. The number of aryl methyl sites for hydroxylation is 1. The van der Waals surface area contributed by atoms with Crippen LogP contribution in [0.5, 0.6) is 5.75 Å². The number of nitrogens with one attached hydrogen (secondary N) is 1. The highest BCUT2D eigenvalue weighted by molar-refractivity contribution is 5.86. The van der Waals surface area contributed by atoms with E-state index in [9.17, 15) is 4.79 Å². The number of fused-ring (bicyclic) bond motifs is 1. The number of ether oxygens (including phenoxy) is 2. The Bertz CT molecular complexity index is 1070. The first kappa shape index (κ1) is 22.3. The first-order chi connectivity index (χ1) is 15.5.